The minimum Gasteiger partial charge on any atom is -0.396 e. The summed E-state index contributed by atoms with van der Waals surface area (Å²) < 4.78 is 0. The van der Waals surface area contributed by atoms with Gasteiger partial charge in [0.2, 0.25) is 5.95 Å². The van der Waals surface area contributed by atoms with Crippen molar-refractivity contribution in [1.29, 1.82) is 0 Å². The third kappa shape index (κ3) is 3.70. The molecule has 0 spiro atoms. The van der Waals surface area contributed by atoms with E-state index in [0.717, 1.165) is 44.7 Å². The Balaban J connectivity index is 2.06. The van der Waals surface area contributed by atoms with Crippen molar-refractivity contribution in [3.05, 3.63) is 11.2 Å². The molecule has 2 heterocycles. The highest BCUT2D eigenvalue weighted by atomic mass is 35.5. The molecule has 106 valence electrons. The summed E-state index contributed by atoms with van der Waals surface area (Å²) in [6.45, 7) is 5.05. The number of aliphatic hydroxyl groups excluding tert-OH is 1. The Hall–Kier alpha value is -1.07. The van der Waals surface area contributed by atoms with E-state index < -0.39 is 0 Å². The Morgan fingerprint density at radius 2 is 2.42 bits per heavy atom. The molecule has 0 amide bonds. The second kappa shape index (κ2) is 6.91. The molecular formula is C13H21ClN4O. The smallest absolute Gasteiger partial charge is 0.224 e. The second-order valence-electron chi connectivity index (χ2n) is 4.90. The normalized spacial score (nSPS) is 18.9. The molecule has 1 aliphatic heterocycles. The van der Waals surface area contributed by atoms with Crippen LogP contribution in [0.15, 0.2) is 6.20 Å². The van der Waals surface area contributed by atoms with Crippen molar-refractivity contribution in [2.45, 2.75) is 26.2 Å². The van der Waals surface area contributed by atoms with Gasteiger partial charge in [-0.3, -0.25) is 0 Å². The number of rotatable bonds is 6. The molecule has 0 aromatic carbocycles. The highest BCUT2D eigenvalue weighted by Gasteiger charge is 2.25. The molecule has 1 aliphatic rings. The van der Waals surface area contributed by atoms with E-state index in [1.54, 1.807) is 6.20 Å². The number of aromatic nitrogens is 2. The van der Waals surface area contributed by atoms with E-state index in [0.29, 0.717) is 16.9 Å². The Labute approximate surface area is 119 Å². The zero-order chi connectivity index (χ0) is 13.7. The summed E-state index contributed by atoms with van der Waals surface area (Å²) in [6.07, 6.45) is 4.61. The molecule has 2 rings (SSSR count). The van der Waals surface area contributed by atoms with Gasteiger partial charge in [-0.05, 0) is 25.2 Å². The molecule has 5 nitrogen and oxygen atoms in total. The van der Waals surface area contributed by atoms with Crippen LogP contribution >= 0.6 is 11.6 Å². The third-order valence-corrected chi connectivity index (χ3v) is 3.65. The zero-order valence-corrected chi connectivity index (χ0v) is 12.0. The van der Waals surface area contributed by atoms with Gasteiger partial charge >= 0.3 is 0 Å². The first kappa shape index (κ1) is 14.3. The van der Waals surface area contributed by atoms with Gasteiger partial charge in [0.1, 0.15) is 5.02 Å². The van der Waals surface area contributed by atoms with Crippen LogP contribution in [0.25, 0.3) is 0 Å². The molecule has 6 heteroatoms. The molecule has 1 fully saturated rings. The summed E-state index contributed by atoms with van der Waals surface area (Å²) in [6, 6.07) is 0. The number of halogens is 1. The fraction of sp³-hybridized carbons (Fsp3) is 0.692. The van der Waals surface area contributed by atoms with Crippen LogP contribution in [0.5, 0.6) is 0 Å². The predicted octanol–water partition coefficient (Wildman–Crippen LogP) is 2.16. The molecular weight excluding hydrogens is 264 g/mol. The monoisotopic (exact) mass is 284 g/mol. The van der Waals surface area contributed by atoms with Gasteiger partial charge in [0.15, 0.2) is 5.82 Å². The van der Waals surface area contributed by atoms with E-state index in [4.69, 9.17) is 16.7 Å². The average Bonchev–Trinajstić information content (AvgIpc) is 2.87. The third-order valence-electron chi connectivity index (χ3n) is 3.38. The number of aliphatic hydroxyl groups is 1. The summed E-state index contributed by atoms with van der Waals surface area (Å²) in [7, 11) is 0. The van der Waals surface area contributed by atoms with Crippen molar-refractivity contribution in [2.24, 2.45) is 5.92 Å². The summed E-state index contributed by atoms with van der Waals surface area (Å²) >= 11 is 6.19. The summed E-state index contributed by atoms with van der Waals surface area (Å²) in [5.74, 6) is 1.96. The quantitative estimate of drug-likeness (QED) is 0.838. The largest absolute Gasteiger partial charge is 0.396 e. The Morgan fingerprint density at radius 1 is 1.58 bits per heavy atom. The fourth-order valence-corrected chi connectivity index (χ4v) is 2.56. The highest BCUT2D eigenvalue weighted by molar-refractivity contribution is 6.32. The lowest BCUT2D eigenvalue weighted by Crippen LogP contribution is -2.22. The van der Waals surface area contributed by atoms with Crippen LogP contribution in [0.4, 0.5) is 11.8 Å². The van der Waals surface area contributed by atoms with E-state index >= 15 is 0 Å². The first-order chi connectivity index (χ1) is 9.24. The minimum atomic E-state index is 0.249. The van der Waals surface area contributed by atoms with Crippen LogP contribution in [0, 0.1) is 5.92 Å². The SMILES string of the molecule is CCCNc1ncc(Cl)c(N2CCC(CCO)C2)n1. The molecule has 19 heavy (non-hydrogen) atoms. The zero-order valence-electron chi connectivity index (χ0n) is 11.3. The summed E-state index contributed by atoms with van der Waals surface area (Å²) in [5.41, 5.74) is 0. The number of nitrogens with zero attached hydrogens (tertiary/aromatic N) is 3. The van der Waals surface area contributed by atoms with Crippen LogP contribution in [0.2, 0.25) is 5.02 Å². The van der Waals surface area contributed by atoms with Crippen molar-refractivity contribution in [1.82, 2.24) is 9.97 Å². The second-order valence-corrected chi connectivity index (χ2v) is 5.31. The van der Waals surface area contributed by atoms with Gasteiger partial charge in [-0.2, -0.15) is 4.98 Å². The first-order valence-electron chi connectivity index (χ1n) is 6.86. The molecule has 0 aliphatic carbocycles. The van der Waals surface area contributed by atoms with E-state index in [2.05, 4.69) is 27.1 Å². The standard InChI is InChI=1S/C13H21ClN4O/c1-2-5-15-13-16-8-11(14)12(17-13)18-6-3-10(9-18)4-7-19/h8,10,19H,2-7,9H2,1H3,(H,15,16,17). The molecule has 1 aromatic heterocycles. The number of hydrogen-bond acceptors (Lipinski definition) is 5. The van der Waals surface area contributed by atoms with Crippen molar-refractivity contribution < 1.29 is 5.11 Å². The van der Waals surface area contributed by atoms with Crippen LogP contribution in [0.3, 0.4) is 0 Å². The van der Waals surface area contributed by atoms with Crippen molar-refractivity contribution in [3.63, 3.8) is 0 Å². The van der Waals surface area contributed by atoms with Gasteiger partial charge in [0.05, 0.1) is 6.20 Å². The van der Waals surface area contributed by atoms with Crippen molar-refractivity contribution in [3.8, 4) is 0 Å². The van der Waals surface area contributed by atoms with Crippen LogP contribution in [-0.4, -0.2) is 41.3 Å². The number of nitrogens with one attached hydrogen (secondary N) is 1. The lowest BCUT2D eigenvalue weighted by molar-refractivity contribution is 0.263. The Morgan fingerprint density at radius 3 is 3.16 bits per heavy atom. The number of anilines is 2. The van der Waals surface area contributed by atoms with E-state index in [9.17, 15) is 0 Å². The summed E-state index contributed by atoms with van der Waals surface area (Å²) in [5, 5.41) is 12.8. The predicted molar refractivity (Wildman–Crippen MR) is 77.8 cm³/mol. The van der Waals surface area contributed by atoms with Crippen LogP contribution in [0.1, 0.15) is 26.2 Å². The molecule has 1 aromatic rings. The first-order valence-corrected chi connectivity index (χ1v) is 7.24. The fourth-order valence-electron chi connectivity index (χ4n) is 2.35. The molecule has 2 N–H and O–H groups in total. The maximum absolute atomic E-state index is 9.00. The maximum atomic E-state index is 9.00. The lowest BCUT2D eigenvalue weighted by Gasteiger charge is -2.19. The topological polar surface area (TPSA) is 61.3 Å². The number of hydrogen-bond donors (Lipinski definition) is 2. The van der Waals surface area contributed by atoms with Crippen LogP contribution in [-0.2, 0) is 0 Å². The van der Waals surface area contributed by atoms with E-state index in [1.165, 1.54) is 0 Å². The van der Waals surface area contributed by atoms with Crippen LogP contribution < -0.4 is 10.2 Å². The van der Waals surface area contributed by atoms with Gasteiger partial charge in [-0.25, -0.2) is 4.98 Å². The van der Waals surface area contributed by atoms with Crippen molar-refractivity contribution >= 4 is 23.4 Å². The van der Waals surface area contributed by atoms with E-state index in [-0.39, 0.29) is 6.61 Å². The average molecular weight is 285 g/mol. The minimum absolute atomic E-state index is 0.249. The van der Waals surface area contributed by atoms with Crippen molar-refractivity contribution in [2.75, 3.05) is 36.5 Å². The summed E-state index contributed by atoms with van der Waals surface area (Å²) in [4.78, 5) is 10.9. The molecule has 1 unspecified atom stereocenters. The van der Waals surface area contributed by atoms with Gasteiger partial charge in [0.25, 0.3) is 0 Å². The molecule has 1 atom stereocenters. The van der Waals surface area contributed by atoms with Gasteiger partial charge in [-0.15, -0.1) is 0 Å². The molecule has 0 saturated carbocycles. The maximum Gasteiger partial charge on any atom is 0.224 e. The van der Waals surface area contributed by atoms with Gasteiger partial charge in [-0.1, -0.05) is 18.5 Å². The van der Waals surface area contributed by atoms with Gasteiger partial charge in [0, 0.05) is 26.2 Å². The highest BCUT2D eigenvalue weighted by Crippen LogP contribution is 2.29. The van der Waals surface area contributed by atoms with E-state index in [1.807, 2.05) is 0 Å². The van der Waals surface area contributed by atoms with Gasteiger partial charge < -0.3 is 15.3 Å². The Kier molecular flexibility index (Phi) is 5.22. The molecule has 0 radical (unpaired) electrons. The Bertz CT molecular complexity index is 416. The molecule has 0 bridgehead atoms. The molecule has 1 saturated heterocycles. The lowest BCUT2D eigenvalue weighted by atomic mass is 10.1.